The molecule has 0 aromatic rings. The van der Waals surface area contributed by atoms with Gasteiger partial charge in [0.05, 0.1) is 13.2 Å². The maximum atomic E-state index is 10.3. The summed E-state index contributed by atoms with van der Waals surface area (Å²) in [7, 11) is 0. The molecule has 0 radical (unpaired) electrons. The molecule has 0 aromatic carbocycles. The van der Waals surface area contributed by atoms with Crippen LogP contribution in [0.4, 0.5) is 0 Å². The van der Waals surface area contributed by atoms with E-state index in [4.69, 9.17) is 10.2 Å². The first-order valence-corrected chi connectivity index (χ1v) is 18.4. The van der Waals surface area contributed by atoms with Gasteiger partial charge in [-0.3, -0.25) is 9.59 Å². The molecule has 1 aliphatic rings. The molecule has 5 nitrogen and oxygen atoms in total. The molecule has 2 N–H and O–H groups in total. The molecule has 1 saturated heterocycles. The van der Waals surface area contributed by atoms with Crippen LogP contribution >= 0.6 is 0 Å². The summed E-state index contributed by atoms with van der Waals surface area (Å²) in [6.07, 6.45) is 42.5. The van der Waals surface area contributed by atoms with E-state index in [2.05, 4.69) is 42.9 Å². The topological polar surface area (TPSA) is 87.1 Å². The first-order valence-electron chi connectivity index (χ1n) is 18.4. The van der Waals surface area contributed by atoms with Gasteiger partial charge in [0.15, 0.2) is 0 Å². The lowest BCUT2D eigenvalue weighted by atomic mass is 10.1. The molecule has 254 valence electrons. The average Bonchev–Trinajstić information content (AvgIpc) is 3.87. The number of rotatable bonds is 30. The van der Waals surface area contributed by atoms with Gasteiger partial charge in [-0.25, -0.2) is 0 Å². The number of carboxylic acids is 2. The number of ether oxygens (including phenoxy) is 1. The molecule has 0 spiro atoms. The van der Waals surface area contributed by atoms with Crippen molar-refractivity contribution >= 4 is 11.9 Å². The van der Waals surface area contributed by atoms with Crippen LogP contribution in [-0.2, 0) is 14.3 Å². The Bertz CT molecular complexity index is 559. The van der Waals surface area contributed by atoms with Crippen LogP contribution < -0.4 is 0 Å². The summed E-state index contributed by atoms with van der Waals surface area (Å²) >= 11 is 0. The molecular weight excluding hydrogens is 536 g/mol. The predicted molar refractivity (Wildman–Crippen MR) is 185 cm³/mol. The van der Waals surface area contributed by atoms with Crippen molar-refractivity contribution in [1.82, 2.24) is 0 Å². The van der Waals surface area contributed by atoms with Gasteiger partial charge in [0, 0.05) is 12.8 Å². The van der Waals surface area contributed by atoms with E-state index in [1.54, 1.807) is 0 Å². The van der Waals surface area contributed by atoms with Crippen LogP contribution in [0.15, 0.2) is 24.3 Å². The number of carbonyl (C=O) groups is 2. The fourth-order valence-electron chi connectivity index (χ4n) is 4.69. The smallest absolute Gasteiger partial charge is 0.303 e. The Hall–Kier alpha value is -1.62. The molecular formula is C38H72O5. The first kappa shape index (κ1) is 43.5. The van der Waals surface area contributed by atoms with Crippen LogP contribution in [0.3, 0.4) is 0 Å². The van der Waals surface area contributed by atoms with E-state index < -0.39 is 11.9 Å². The van der Waals surface area contributed by atoms with Crippen molar-refractivity contribution < 1.29 is 24.5 Å². The molecule has 0 bridgehead atoms. The number of hydrogen-bond donors (Lipinski definition) is 2. The lowest BCUT2D eigenvalue weighted by molar-refractivity contribution is -0.138. The Balaban J connectivity index is 0. The SMILES string of the molecule is C1CO1.CCCCCCCC/C=C\CCCCCCCC(=O)O.CCCCCCCC/C=C\CCCCCCCC(=O)O. The summed E-state index contributed by atoms with van der Waals surface area (Å²) in [4.78, 5) is 20.6. The molecule has 1 aliphatic heterocycles. The highest BCUT2D eigenvalue weighted by Gasteiger charge is 1.97. The Morgan fingerprint density at radius 2 is 0.674 bits per heavy atom. The zero-order chi connectivity index (χ0) is 31.9. The summed E-state index contributed by atoms with van der Waals surface area (Å²) in [6.45, 7) is 6.52. The van der Waals surface area contributed by atoms with Crippen LogP contribution in [-0.4, -0.2) is 35.4 Å². The van der Waals surface area contributed by atoms with Crippen LogP contribution in [0.25, 0.3) is 0 Å². The fraction of sp³-hybridized carbons (Fsp3) is 0.842. The summed E-state index contributed by atoms with van der Waals surface area (Å²) < 4.78 is 4.50. The Morgan fingerprint density at radius 3 is 0.907 bits per heavy atom. The molecule has 0 aliphatic carbocycles. The standard InChI is InChI=1S/2C18H34O2.C2H4O/c2*1-2-3-4-5-6-7-8-9-10-11-12-13-14-15-16-17-18(19)20;1-2-3-1/h2*9-10H,2-8,11-17H2,1H3,(H,19,20);1-2H2/b2*10-9-;. The third kappa shape index (κ3) is 53.4. The summed E-state index contributed by atoms with van der Waals surface area (Å²) in [5.74, 6) is -1.33. The predicted octanol–water partition coefficient (Wildman–Crippen LogP) is 12.2. The third-order valence-electron chi connectivity index (χ3n) is 7.51. The number of epoxide rings is 1. The highest BCUT2D eigenvalue weighted by Crippen LogP contribution is 2.11. The quantitative estimate of drug-likeness (QED) is 0.0481. The largest absolute Gasteiger partial charge is 0.481 e. The van der Waals surface area contributed by atoms with Crippen molar-refractivity contribution in [3.05, 3.63) is 24.3 Å². The summed E-state index contributed by atoms with van der Waals surface area (Å²) in [5.41, 5.74) is 0. The van der Waals surface area contributed by atoms with Gasteiger partial charge in [0.25, 0.3) is 0 Å². The Labute approximate surface area is 267 Å². The van der Waals surface area contributed by atoms with E-state index in [9.17, 15) is 9.59 Å². The second kappa shape index (κ2) is 40.4. The molecule has 0 amide bonds. The van der Waals surface area contributed by atoms with Gasteiger partial charge in [-0.15, -0.1) is 0 Å². The van der Waals surface area contributed by atoms with Gasteiger partial charge >= 0.3 is 11.9 Å². The Kier molecular flexibility index (Phi) is 40.9. The monoisotopic (exact) mass is 609 g/mol. The maximum Gasteiger partial charge on any atom is 0.303 e. The fourth-order valence-corrected chi connectivity index (χ4v) is 4.69. The van der Waals surface area contributed by atoms with Gasteiger partial charge in [-0.05, 0) is 64.2 Å². The molecule has 1 fully saturated rings. The number of unbranched alkanes of at least 4 members (excludes halogenated alkanes) is 22. The number of carboxylic acid groups (broad SMARTS) is 2. The van der Waals surface area contributed by atoms with Gasteiger partial charge < -0.3 is 14.9 Å². The van der Waals surface area contributed by atoms with Crippen LogP contribution in [0.2, 0.25) is 0 Å². The highest BCUT2D eigenvalue weighted by molar-refractivity contribution is 5.66. The minimum atomic E-state index is -0.664. The van der Waals surface area contributed by atoms with Crippen molar-refractivity contribution in [2.75, 3.05) is 13.2 Å². The van der Waals surface area contributed by atoms with E-state index in [0.717, 1.165) is 38.9 Å². The molecule has 1 rings (SSSR count). The molecule has 5 heteroatoms. The maximum absolute atomic E-state index is 10.3. The van der Waals surface area contributed by atoms with Crippen molar-refractivity contribution in [2.24, 2.45) is 0 Å². The number of hydrogen-bond acceptors (Lipinski definition) is 3. The second-order valence-electron chi connectivity index (χ2n) is 12.1. The van der Waals surface area contributed by atoms with Gasteiger partial charge in [0.1, 0.15) is 0 Å². The summed E-state index contributed by atoms with van der Waals surface area (Å²) in [5, 5.41) is 17.0. The van der Waals surface area contributed by atoms with Crippen molar-refractivity contribution in [3.8, 4) is 0 Å². The Morgan fingerprint density at radius 1 is 0.442 bits per heavy atom. The van der Waals surface area contributed by atoms with Crippen LogP contribution in [0, 0.1) is 0 Å². The molecule has 0 unspecified atom stereocenters. The number of allylic oxidation sites excluding steroid dienone is 4. The third-order valence-corrected chi connectivity index (χ3v) is 7.51. The first-order chi connectivity index (χ1) is 21.0. The highest BCUT2D eigenvalue weighted by atomic mass is 16.6. The minimum Gasteiger partial charge on any atom is -0.481 e. The summed E-state index contributed by atoms with van der Waals surface area (Å²) in [6, 6.07) is 0. The molecule has 0 atom stereocenters. The van der Waals surface area contributed by atoms with E-state index in [1.165, 1.54) is 141 Å². The van der Waals surface area contributed by atoms with Crippen molar-refractivity contribution in [3.63, 3.8) is 0 Å². The zero-order valence-corrected chi connectivity index (χ0v) is 28.6. The van der Waals surface area contributed by atoms with Crippen molar-refractivity contribution in [2.45, 2.75) is 194 Å². The van der Waals surface area contributed by atoms with E-state index in [0.29, 0.717) is 12.8 Å². The van der Waals surface area contributed by atoms with Gasteiger partial charge in [-0.2, -0.15) is 0 Å². The lowest BCUT2D eigenvalue weighted by Crippen LogP contribution is -1.93. The van der Waals surface area contributed by atoms with Crippen LogP contribution in [0.5, 0.6) is 0 Å². The van der Waals surface area contributed by atoms with E-state index in [-0.39, 0.29) is 0 Å². The van der Waals surface area contributed by atoms with Crippen LogP contribution in [0.1, 0.15) is 194 Å². The normalized spacial score (nSPS) is 12.1. The zero-order valence-electron chi connectivity index (χ0n) is 28.6. The average molecular weight is 609 g/mol. The minimum absolute atomic E-state index is 0.332. The van der Waals surface area contributed by atoms with E-state index in [1.807, 2.05) is 0 Å². The molecule has 1 heterocycles. The second-order valence-corrected chi connectivity index (χ2v) is 12.1. The molecule has 0 saturated carbocycles. The number of aliphatic carboxylic acids is 2. The molecule has 43 heavy (non-hydrogen) atoms. The van der Waals surface area contributed by atoms with E-state index >= 15 is 0 Å². The van der Waals surface area contributed by atoms with Gasteiger partial charge in [-0.1, -0.05) is 141 Å². The van der Waals surface area contributed by atoms with Crippen molar-refractivity contribution in [1.29, 1.82) is 0 Å². The molecule has 0 aromatic heterocycles. The lowest BCUT2D eigenvalue weighted by Gasteiger charge is -1.99. The van der Waals surface area contributed by atoms with Gasteiger partial charge in [0.2, 0.25) is 0 Å².